The lowest BCUT2D eigenvalue weighted by Crippen LogP contribution is -2.71. The Morgan fingerprint density at radius 3 is 1.03 bits per heavy atom. The molecule has 460 valence electrons. The van der Waals surface area contributed by atoms with Crippen LogP contribution in [-0.4, -0.2) is 356 Å². The topological polar surface area (TPSA) is 554 Å². The predicted octanol–water partition coefficient (Wildman–Crippen LogP) is -14.1. The fourth-order valence-corrected chi connectivity index (χ4v) is 10.2. The average molecular weight is 1160 g/mol. The molecule has 35 heteroatoms. The minimum absolute atomic E-state index is 0.817. The van der Waals surface area contributed by atoms with Crippen LogP contribution in [0.5, 0.6) is 0 Å². The summed E-state index contributed by atoms with van der Waals surface area (Å²) in [6, 6.07) is -1.71. The highest BCUT2D eigenvalue weighted by Crippen LogP contribution is 2.40. The van der Waals surface area contributed by atoms with E-state index in [-0.39, 0.29) is 0 Å². The number of rotatable bonds is 18. The number of aliphatic hydroxyl groups is 20. The first kappa shape index (κ1) is 64.7. The molecular weight excluding hydrogens is 1090 g/mol. The van der Waals surface area contributed by atoms with E-state index >= 15 is 0 Å². The zero-order chi connectivity index (χ0) is 58.2. The van der Waals surface area contributed by atoms with E-state index in [0.29, 0.717) is 0 Å². The maximum Gasteiger partial charge on any atom is 0.217 e. The van der Waals surface area contributed by atoms with Gasteiger partial charge in [-0.15, -0.1) is 0 Å². The van der Waals surface area contributed by atoms with Gasteiger partial charge < -0.3 is 169 Å². The van der Waals surface area contributed by atoms with Crippen molar-refractivity contribution < 1.29 is 169 Å². The molecule has 0 spiro atoms. The summed E-state index contributed by atoms with van der Waals surface area (Å²) in [5.74, 6) is -0.817. The smallest absolute Gasteiger partial charge is 0.217 e. The molecule has 0 aliphatic carbocycles. The van der Waals surface area contributed by atoms with Gasteiger partial charge in [0.25, 0.3) is 0 Å². The van der Waals surface area contributed by atoms with E-state index in [4.69, 9.17) is 61.6 Å². The lowest BCUT2D eigenvalue weighted by atomic mass is 9.94. The van der Waals surface area contributed by atoms with Crippen molar-refractivity contribution in [3.63, 3.8) is 0 Å². The summed E-state index contributed by atoms with van der Waals surface area (Å²) in [6.45, 7) is -1.76. The van der Waals surface area contributed by atoms with Crippen LogP contribution in [-0.2, 0) is 66.4 Å². The number of hydrogen-bond acceptors (Lipinski definition) is 34. The first-order chi connectivity index (χ1) is 37.3. The van der Waals surface area contributed by atoms with Crippen molar-refractivity contribution in [2.24, 2.45) is 0 Å². The first-order valence-electron chi connectivity index (χ1n) is 25.4. The summed E-state index contributed by atoms with van der Waals surface area (Å²) in [5.41, 5.74) is 0. The Morgan fingerprint density at radius 1 is 0.329 bits per heavy atom. The number of nitrogens with one attached hydrogen (secondary N) is 1. The van der Waals surface area contributed by atoms with Crippen molar-refractivity contribution >= 4 is 5.91 Å². The van der Waals surface area contributed by atoms with Crippen LogP contribution in [0.4, 0.5) is 0 Å². The SMILES string of the molecule is CC(=O)N[C@H]1C(O)O[C@H](CO)[C@H](O)[C@@H]1O[C@@H]1O[C@H](CO)[C@H](O)[C@H](O[C@@H]2O[C@H](CO)[C@H](O)[C@H](O[C@H]3O[C@H](CO)[C@H](O)[C@H](O)[C@H]3O[C@@H]3O[C@H](CO)[C@H](O)[C@H](O)[C@H]3O)[C@H]2O[C@@H]2O[C@@H](C)[C@@H](O)[C@@H](O)[C@@H]2O)[C@H]1O[C@@H]1O[C@@H](C)[C@@H](O)[C@@H](O)[C@@H]1O. The minimum atomic E-state index is -2.34. The van der Waals surface area contributed by atoms with Gasteiger partial charge >= 0.3 is 0 Å². The molecule has 7 aliphatic heterocycles. The lowest BCUT2D eigenvalue weighted by molar-refractivity contribution is -0.422. The molecule has 0 radical (unpaired) electrons. The average Bonchev–Trinajstić information content (AvgIpc) is 3.44. The van der Waals surface area contributed by atoms with Crippen LogP contribution in [0.25, 0.3) is 0 Å². The zero-order valence-corrected chi connectivity index (χ0v) is 42.4. The van der Waals surface area contributed by atoms with Crippen molar-refractivity contribution in [1.82, 2.24) is 5.32 Å². The third-order valence-corrected chi connectivity index (χ3v) is 14.9. The molecule has 0 aromatic heterocycles. The van der Waals surface area contributed by atoms with E-state index < -0.39 is 254 Å². The molecular formula is C44H75NO34. The molecule has 7 aliphatic rings. The molecule has 0 bridgehead atoms. The Kier molecular flexibility index (Phi) is 22.5. The standard InChI is InChI=1S/C44H75NO34/c1-9-18(52)25(59)29(63)39(67-9)78-36-34(24(58)15(7-49)72-43(36)74-32-17(45-11(3)51)38(66)69-14(6-48)22(32)56)76-44-37(79-40-30(64)26(60)19(53)10(2)68-40)33(23(57)16(8-50)73-44)75-42-35(28(62)21(55)13(5-47)71-42)77-41-31(65)27(61)20(54)12(4-46)70-41/h9-10,12-44,46-50,52-66H,4-8H2,1-3H3,(H,45,51)/t9-,10-,12+,13+,14+,15+,16+,17+,18+,19+,20-,21-,22-,23-,24-,25+,26+,27-,28-,29-,30-,31+,32+,33-,34-,35+,36+,37+,38?,39-,40-,41-,42+,43-,44-/m0/s1. The Hall–Kier alpha value is -1.85. The van der Waals surface area contributed by atoms with Gasteiger partial charge in [-0.25, -0.2) is 0 Å². The van der Waals surface area contributed by atoms with Gasteiger partial charge in [0.05, 0.1) is 45.2 Å². The summed E-state index contributed by atoms with van der Waals surface area (Å²) >= 11 is 0. The number of carbonyl (C=O) groups is 1. The molecule has 0 aromatic carbocycles. The van der Waals surface area contributed by atoms with Gasteiger partial charge in [-0.05, 0) is 13.8 Å². The van der Waals surface area contributed by atoms with E-state index in [1.165, 1.54) is 13.8 Å². The third kappa shape index (κ3) is 13.5. The molecule has 7 rings (SSSR count). The van der Waals surface area contributed by atoms with E-state index in [9.17, 15) is 107 Å². The van der Waals surface area contributed by atoms with Gasteiger partial charge in [-0.3, -0.25) is 4.79 Å². The van der Waals surface area contributed by atoms with E-state index in [1.54, 1.807) is 0 Å². The summed E-state index contributed by atoms with van der Waals surface area (Å²) < 4.78 is 76.8. The maximum absolute atomic E-state index is 12.4. The van der Waals surface area contributed by atoms with E-state index in [1.807, 2.05) is 0 Å². The highest BCUT2D eigenvalue weighted by Gasteiger charge is 2.60. The van der Waals surface area contributed by atoms with Crippen molar-refractivity contribution in [3.05, 3.63) is 0 Å². The van der Waals surface area contributed by atoms with Crippen LogP contribution >= 0.6 is 0 Å². The van der Waals surface area contributed by atoms with Crippen LogP contribution in [0.15, 0.2) is 0 Å². The Morgan fingerprint density at radius 2 is 0.620 bits per heavy atom. The second kappa shape index (κ2) is 27.5. The van der Waals surface area contributed by atoms with E-state index in [0.717, 1.165) is 6.92 Å². The molecule has 7 saturated heterocycles. The summed E-state index contributed by atoms with van der Waals surface area (Å²) in [4.78, 5) is 12.4. The monoisotopic (exact) mass is 1160 g/mol. The van der Waals surface area contributed by atoms with Crippen LogP contribution in [0, 0.1) is 0 Å². The van der Waals surface area contributed by atoms with Gasteiger partial charge in [-0.2, -0.15) is 0 Å². The van der Waals surface area contributed by atoms with Crippen LogP contribution in [0.2, 0.25) is 0 Å². The van der Waals surface area contributed by atoms with Crippen molar-refractivity contribution in [2.75, 3.05) is 33.0 Å². The number of hydrogen-bond donors (Lipinski definition) is 21. The van der Waals surface area contributed by atoms with Gasteiger partial charge in [0, 0.05) is 6.92 Å². The van der Waals surface area contributed by atoms with Gasteiger partial charge in [-0.1, -0.05) is 0 Å². The van der Waals surface area contributed by atoms with Gasteiger partial charge in [0.2, 0.25) is 5.91 Å². The van der Waals surface area contributed by atoms with Crippen molar-refractivity contribution in [3.8, 4) is 0 Å². The fraction of sp³-hybridized carbons (Fsp3) is 0.977. The maximum atomic E-state index is 12.4. The minimum Gasteiger partial charge on any atom is -0.394 e. The van der Waals surface area contributed by atoms with Crippen LogP contribution < -0.4 is 5.32 Å². The van der Waals surface area contributed by atoms with Crippen molar-refractivity contribution in [2.45, 2.75) is 236 Å². The Balaban J connectivity index is 1.32. The molecule has 1 unspecified atom stereocenters. The quantitative estimate of drug-likeness (QED) is 0.0606. The molecule has 1 amide bonds. The summed E-state index contributed by atoms with van der Waals surface area (Å²) in [6.07, 6.45) is -68.2. The normalized spacial score (nSPS) is 52.9. The molecule has 0 aromatic rings. The molecule has 35 nitrogen and oxygen atoms in total. The lowest BCUT2D eigenvalue weighted by Gasteiger charge is -2.52. The molecule has 0 saturated carbocycles. The molecule has 7 heterocycles. The predicted molar refractivity (Wildman–Crippen MR) is 241 cm³/mol. The molecule has 79 heavy (non-hydrogen) atoms. The second-order valence-electron chi connectivity index (χ2n) is 20.3. The van der Waals surface area contributed by atoms with Crippen LogP contribution in [0.3, 0.4) is 0 Å². The van der Waals surface area contributed by atoms with Crippen LogP contribution in [0.1, 0.15) is 20.8 Å². The zero-order valence-electron chi connectivity index (χ0n) is 42.4. The number of amides is 1. The summed E-state index contributed by atoms with van der Waals surface area (Å²) in [5, 5.41) is 220. The molecule has 21 N–H and O–H groups in total. The van der Waals surface area contributed by atoms with Gasteiger partial charge in [0.15, 0.2) is 44.0 Å². The highest BCUT2D eigenvalue weighted by molar-refractivity contribution is 5.73. The Bertz CT molecular complexity index is 1900. The summed E-state index contributed by atoms with van der Waals surface area (Å²) in [7, 11) is 0. The van der Waals surface area contributed by atoms with E-state index in [2.05, 4.69) is 5.32 Å². The first-order valence-corrected chi connectivity index (χ1v) is 25.4. The van der Waals surface area contributed by atoms with Gasteiger partial charge in [0.1, 0.15) is 159 Å². The number of carbonyl (C=O) groups excluding carboxylic acids is 1. The number of aliphatic hydroxyl groups excluding tert-OH is 20. The Labute approximate surface area is 447 Å². The third-order valence-electron chi connectivity index (χ3n) is 14.9. The highest BCUT2D eigenvalue weighted by atomic mass is 16.8. The second-order valence-corrected chi connectivity index (χ2v) is 20.3. The number of ether oxygens (including phenoxy) is 13. The largest absolute Gasteiger partial charge is 0.394 e. The molecule has 35 atom stereocenters. The molecule has 7 fully saturated rings. The van der Waals surface area contributed by atoms with Crippen molar-refractivity contribution in [1.29, 1.82) is 0 Å². The fourth-order valence-electron chi connectivity index (χ4n) is 10.2.